The molecule has 136 valence electrons. The van der Waals surface area contributed by atoms with Crippen molar-refractivity contribution in [3.8, 4) is 0 Å². The van der Waals surface area contributed by atoms with E-state index in [-0.39, 0.29) is 6.10 Å². The van der Waals surface area contributed by atoms with Crippen LogP contribution in [0.15, 0.2) is 18.2 Å². The molecule has 1 fully saturated rings. The molecule has 0 amide bonds. The molecule has 2 aromatic rings. The third-order valence-corrected chi connectivity index (χ3v) is 4.32. The quantitative estimate of drug-likeness (QED) is 0.553. The molecule has 1 aromatic carbocycles. The van der Waals surface area contributed by atoms with E-state index in [1.807, 2.05) is 20.8 Å². The van der Waals surface area contributed by atoms with Gasteiger partial charge in [0.1, 0.15) is 5.60 Å². The Bertz CT molecular complexity index is 802. The highest BCUT2D eigenvalue weighted by Gasteiger charge is 2.32. The highest BCUT2D eigenvalue weighted by molar-refractivity contribution is 6.66. The maximum absolute atomic E-state index is 12.4. The van der Waals surface area contributed by atoms with Crippen molar-refractivity contribution in [2.45, 2.75) is 49.2 Å². The summed E-state index contributed by atoms with van der Waals surface area (Å²) in [5.41, 5.74) is 1.21. The SMILES string of the molecule is CC(C)(C)OC(=O)c1ccc2nc(C(Cl)(Cl)Cl)n(C[C@@H]3CCO3)c2c1. The average Bonchev–Trinajstić information content (AvgIpc) is 2.78. The molecular formula is C17H19Cl3N2O3. The van der Waals surface area contributed by atoms with E-state index in [0.29, 0.717) is 29.0 Å². The van der Waals surface area contributed by atoms with E-state index < -0.39 is 15.4 Å². The van der Waals surface area contributed by atoms with E-state index in [1.165, 1.54) is 0 Å². The first-order chi connectivity index (χ1) is 11.5. The van der Waals surface area contributed by atoms with Gasteiger partial charge in [-0.15, -0.1) is 0 Å². The van der Waals surface area contributed by atoms with E-state index >= 15 is 0 Å². The lowest BCUT2D eigenvalue weighted by atomic mass is 10.1. The van der Waals surface area contributed by atoms with E-state index in [0.717, 1.165) is 13.0 Å². The molecule has 1 saturated heterocycles. The first-order valence-corrected chi connectivity index (χ1v) is 9.10. The van der Waals surface area contributed by atoms with Crippen molar-refractivity contribution >= 4 is 51.8 Å². The van der Waals surface area contributed by atoms with Crippen molar-refractivity contribution in [1.29, 1.82) is 0 Å². The largest absolute Gasteiger partial charge is 0.456 e. The number of imidazole rings is 1. The Labute approximate surface area is 161 Å². The number of hydrogen-bond donors (Lipinski definition) is 0. The maximum atomic E-state index is 12.4. The molecule has 0 bridgehead atoms. The molecule has 1 atom stereocenters. The Morgan fingerprint density at radius 2 is 2.04 bits per heavy atom. The van der Waals surface area contributed by atoms with Crippen molar-refractivity contribution in [3.63, 3.8) is 0 Å². The minimum absolute atomic E-state index is 0.0497. The second-order valence-corrected chi connectivity index (χ2v) is 9.31. The topological polar surface area (TPSA) is 53.3 Å². The number of nitrogens with zero attached hydrogens (tertiary/aromatic N) is 2. The number of ether oxygens (including phenoxy) is 2. The fourth-order valence-corrected chi connectivity index (χ4v) is 3.05. The number of hydrogen-bond acceptors (Lipinski definition) is 4. The number of benzene rings is 1. The van der Waals surface area contributed by atoms with Crippen LogP contribution in [0.5, 0.6) is 0 Å². The third kappa shape index (κ3) is 4.22. The summed E-state index contributed by atoms with van der Waals surface area (Å²) < 4.78 is 11.1. The average molecular weight is 406 g/mol. The number of rotatable bonds is 3. The van der Waals surface area contributed by atoms with Crippen LogP contribution >= 0.6 is 34.8 Å². The summed E-state index contributed by atoms with van der Waals surface area (Å²) in [4.78, 5) is 16.8. The molecule has 0 saturated carbocycles. The van der Waals surface area contributed by atoms with Gasteiger partial charge >= 0.3 is 5.97 Å². The number of halogens is 3. The molecule has 5 nitrogen and oxygen atoms in total. The zero-order valence-electron chi connectivity index (χ0n) is 14.2. The van der Waals surface area contributed by atoms with Crippen molar-refractivity contribution in [1.82, 2.24) is 9.55 Å². The van der Waals surface area contributed by atoms with Crippen LogP contribution in [0.3, 0.4) is 0 Å². The number of carbonyl (C=O) groups is 1. The highest BCUT2D eigenvalue weighted by Crippen LogP contribution is 2.39. The molecule has 0 radical (unpaired) electrons. The van der Waals surface area contributed by atoms with Crippen molar-refractivity contribution in [2.24, 2.45) is 0 Å². The van der Waals surface area contributed by atoms with Crippen LogP contribution in [0.2, 0.25) is 0 Å². The van der Waals surface area contributed by atoms with Gasteiger partial charge in [0.05, 0.1) is 29.2 Å². The summed E-state index contributed by atoms with van der Waals surface area (Å²) in [5.74, 6) is -0.0955. The third-order valence-electron chi connectivity index (χ3n) is 3.82. The van der Waals surface area contributed by atoms with Gasteiger partial charge in [-0.3, -0.25) is 0 Å². The monoisotopic (exact) mass is 404 g/mol. The number of esters is 1. The van der Waals surface area contributed by atoms with Gasteiger partial charge in [-0.25, -0.2) is 9.78 Å². The number of aromatic nitrogens is 2. The Morgan fingerprint density at radius 1 is 1.36 bits per heavy atom. The van der Waals surface area contributed by atoms with Gasteiger partial charge in [0.15, 0.2) is 5.82 Å². The standard InChI is InChI=1S/C17H19Cl3N2O3/c1-16(2,3)25-14(23)10-4-5-12-13(8-10)22(9-11-6-7-24-11)15(21-12)17(18,19)20/h4-5,8,11H,6-7,9H2,1-3H3/t11-/m0/s1. The Morgan fingerprint density at radius 3 is 2.56 bits per heavy atom. The fraction of sp³-hybridized carbons (Fsp3) is 0.529. The van der Waals surface area contributed by atoms with Crippen LogP contribution in [0.25, 0.3) is 11.0 Å². The number of alkyl halides is 3. The predicted octanol–water partition coefficient (Wildman–Crippen LogP) is 4.61. The Kier molecular flexibility index (Phi) is 4.97. The highest BCUT2D eigenvalue weighted by atomic mass is 35.6. The molecule has 8 heteroatoms. The number of fused-ring (bicyclic) bond motifs is 1. The summed E-state index contributed by atoms with van der Waals surface area (Å²) in [6.45, 7) is 6.70. The summed E-state index contributed by atoms with van der Waals surface area (Å²) in [7, 11) is 0. The fourth-order valence-electron chi connectivity index (χ4n) is 2.62. The summed E-state index contributed by atoms with van der Waals surface area (Å²) in [5, 5.41) is 0. The van der Waals surface area contributed by atoms with E-state index in [9.17, 15) is 4.79 Å². The predicted molar refractivity (Wildman–Crippen MR) is 98.5 cm³/mol. The molecule has 1 aliphatic heterocycles. The van der Waals surface area contributed by atoms with Gasteiger partial charge in [0, 0.05) is 6.61 Å². The molecule has 2 heterocycles. The molecule has 0 N–H and O–H groups in total. The van der Waals surface area contributed by atoms with Crippen molar-refractivity contribution < 1.29 is 14.3 Å². The minimum Gasteiger partial charge on any atom is -0.456 e. The van der Waals surface area contributed by atoms with Gasteiger partial charge in [0.2, 0.25) is 3.79 Å². The van der Waals surface area contributed by atoms with Crippen LogP contribution in [0, 0.1) is 0 Å². The molecule has 1 aromatic heterocycles. The second-order valence-electron chi connectivity index (χ2n) is 7.03. The number of carbonyl (C=O) groups excluding carboxylic acids is 1. The molecule has 0 unspecified atom stereocenters. The summed E-state index contributed by atoms with van der Waals surface area (Å²) in [6, 6.07) is 5.11. The van der Waals surface area contributed by atoms with E-state index in [1.54, 1.807) is 22.8 Å². The minimum atomic E-state index is -1.67. The van der Waals surface area contributed by atoms with Crippen molar-refractivity contribution in [2.75, 3.05) is 6.61 Å². The van der Waals surface area contributed by atoms with Gasteiger partial charge in [-0.2, -0.15) is 0 Å². The van der Waals surface area contributed by atoms with Crippen LogP contribution in [-0.4, -0.2) is 33.8 Å². The smallest absolute Gasteiger partial charge is 0.338 e. The van der Waals surface area contributed by atoms with Crippen molar-refractivity contribution in [3.05, 3.63) is 29.6 Å². The molecule has 3 rings (SSSR count). The first-order valence-electron chi connectivity index (χ1n) is 7.97. The van der Waals surface area contributed by atoms with Crippen LogP contribution in [0.1, 0.15) is 43.4 Å². The lowest BCUT2D eigenvalue weighted by Crippen LogP contribution is -2.32. The molecular weight excluding hydrogens is 387 g/mol. The summed E-state index contributed by atoms with van der Waals surface area (Å²) >= 11 is 18.3. The molecule has 0 aliphatic carbocycles. The maximum Gasteiger partial charge on any atom is 0.338 e. The molecule has 0 spiro atoms. The lowest BCUT2D eigenvalue weighted by molar-refractivity contribution is -0.0590. The molecule has 1 aliphatic rings. The lowest BCUT2D eigenvalue weighted by Gasteiger charge is -2.28. The zero-order chi connectivity index (χ0) is 18.4. The van der Waals surface area contributed by atoms with E-state index in [4.69, 9.17) is 44.3 Å². The Balaban J connectivity index is 2.04. The van der Waals surface area contributed by atoms with Crippen LogP contribution in [-0.2, 0) is 19.8 Å². The molecule has 25 heavy (non-hydrogen) atoms. The zero-order valence-corrected chi connectivity index (χ0v) is 16.5. The van der Waals surface area contributed by atoms with Gasteiger partial charge in [-0.05, 0) is 45.4 Å². The van der Waals surface area contributed by atoms with Gasteiger partial charge in [-0.1, -0.05) is 34.8 Å². The summed E-state index contributed by atoms with van der Waals surface area (Å²) in [6.07, 6.45) is 0.985. The van der Waals surface area contributed by atoms with Crippen LogP contribution in [0.4, 0.5) is 0 Å². The first kappa shape index (κ1) is 18.8. The van der Waals surface area contributed by atoms with Crippen LogP contribution < -0.4 is 0 Å². The van der Waals surface area contributed by atoms with E-state index in [2.05, 4.69) is 4.98 Å². The Hall–Kier alpha value is -1.01. The van der Waals surface area contributed by atoms with Gasteiger partial charge in [0.25, 0.3) is 0 Å². The normalized spacial score (nSPS) is 18.2. The van der Waals surface area contributed by atoms with Gasteiger partial charge < -0.3 is 14.0 Å². The second kappa shape index (κ2) is 6.62.